The average molecular weight is 269 g/mol. The van der Waals surface area contributed by atoms with Gasteiger partial charge in [-0.3, -0.25) is 4.79 Å². The Morgan fingerprint density at radius 1 is 1.39 bits per heavy atom. The number of carbonyl (C=O) groups excluding carboxylic acids is 1. The molecule has 0 saturated heterocycles. The normalized spacial score (nSPS) is 10.7. The summed E-state index contributed by atoms with van der Waals surface area (Å²) in [6.07, 6.45) is 1.30. The zero-order valence-electron chi connectivity index (χ0n) is 11.0. The van der Waals surface area contributed by atoms with Crippen LogP contribution in [0.15, 0.2) is 24.3 Å². The smallest absolute Gasteiger partial charge is 0.227 e. The van der Waals surface area contributed by atoms with Gasteiger partial charge in [0.05, 0.1) is 10.7 Å². The van der Waals surface area contributed by atoms with E-state index in [2.05, 4.69) is 0 Å². The fraction of sp³-hybridized carbons (Fsp3) is 0.500. The number of nitrogens with two attached hydrogens (primary N) is 1. The van der Waals surface area contributed by atoms with E-state index < -0.39 is 0 Å². The third-order valence-corrected chi connectivity index (χ3v) is 2.93. The number of carbonyl (C=O) groups is 1. The highest BCUT2D eigenvalue weighted by Crippen LogP contribution is 2.26. The maximum Gasteiger partial charge on any atom is 0.227 e. The van der Waals surface area contributed by atoms with Gasteiger partial charge in [-0.05, 0) is 31.0 Å². The maximum absolute atomic E-state index is 12.2. The van der Waals surface area contributed by atoms with Gasteiger partial charge in [-0.15, -0.1) is 0 Å². The van der Waals surface area contributed by atoms with E-state index in [0.717, 1.165) is 12.1 Å². The lowest BCUT2D eigenvalue weighted by Crippen LogP contribution is -2.33. The third kappa shape index (κ3) is 4.31. The summed E-state index contributed by atoms with van der Waals surface area (Å²) in [5, 5.41) is 0.603. The van der Waals surface area contributed by atoms with Gasteiger partial charge in [-0.25, -0.2) is 0 Å². The van der Waals surface area contributed by atoms with Crippen molar-refractivity contribution in [2.75, 3.05) is 18.0 Å². The molecular formula is C14H21ClN2O. The number of para-hydroxylation sites is 1. The quantitative estimate of drug-likeness (QED) is 0.862. The van der Waals surface area contributed by atoms with Crippen LogP contribution in [0.5, 0.6) is 0 Å². The monoisotopic (exact) mass is 268 g/mol. The molecule has 0 saturated carbocycles. The lowest BCUT2D eigenvalue weighted by molar-refractivity contribution is -0.119. The molecule has 1 aromatic rings. The van der Waals surface area contributed by atoms with Crippen LogP contribution in [0.2, 0.25) is 5.02 Å². The third-order valence-electron chi connectivity index (χ3n) is 2.61. The molecule has 3 nitrogen and oxygen atoms in total. The van der Waals surface area contributed by atoms with Gasteiger partial charge in [0, 0.05) is 13.0 Å². The molecule has 0 fully saturated rings. The van der Waals surface area contributed by atoms with Crippen LogP contribution in [0.4, 0.5) is 5.69 Å². The minimum atomic E-state index is 0.103. The number of benzene rings is 1. The molecule has 0 unspecified atom stereocenters. The van der Waals surface area contributed by atoms with Crippen LogP contribution in [0, 0.1) is 5.92 Å². The molecule has 0 aliphatic heterocycles. The van der Waals surface area contributed by atoms with Gasteiger partial charge in [0.1, 0.15) is 0 Å². The number of hydrogen-bond donors (Lipinski definition) is 1. The Hall–Kier alpha value is -1.06. The van der Waals surface area contributed by atoms with Crippen molar-refractivity contribution in [1.82, 2.24) is 0 Å². The van der Waals surface area contributed by atoms with Crippen molar-refractivity contribution in [2.45, 2.75) is 26.7 Å². The van der Waals surface area contributed by atoms with Crippen LogP contribution in [0.25, 0.3) is 0 Å². The zero-order chi connectivity index (χ0) is 13.5. The van der Waals surface area contributed by atoms with Gasteiger partial charge in [0.2, 0.25) is 5.91 Å². The van der Waals surface area contributed by atoms with E-state index in [0.29, 0.717) is 30.5 Å². The molecule has 1 rings (SSSR count). The molecule has 4 heteroatoms. The van der Waals surface area contributed by atoms with Crippen LogP contribution >= 0.6 is 11.6 Å². The largest absolute Gasteiger partial charge is 0.330 e. The van der Waals surface area contributed by atoms with E-state index in [4.69, 9.17) is 17.3 Å². The number of hydrogen-bond acceptors (Lipinski definition) is 2. The SMILES string of the molecule is CC(C)CC(=O)N(CCCN)c1ccccc1Cl. The molecule has 0 radical (unpaired) electrons. The molecule has 100 valence electrons. The van der Waals surface area contributed by atoms with Crippen molar-refractivity contribution in [3.05, 3.63) is 29.3 Å². The number of halogens is 1. The summed E-state index contributed by atoms with van der Waals surface area (Å²) in [6.45, 7) is 5.25. The number of nitrogens with zero attached hydrogens (tertiary/aromatic N) is 1. The van der Waals surface area contributed by atoms with Crippen LogP contribution in [0.3, 0.4) is 0 Å². The molecule has 0 aliphatic rings. The number of rotatable bonds is 6. The first-order valence-electron chi connectivity index (χ1n) is 6.31. The summed E-state index contributed by atoms with van der Waals surface area (Å²) >= 11 is 6.15. The lowest BCUT2D eigenvalue weighted by Gasteiger charge is -2.24. The van der Waals surface area contributed by atoms with Crippen LogP contribution in [-0.2, 0) is 4.79 Å². The first-order chi connectivity index (χ1) is 8.56. The van der Waals surface area contributed by atoms with Gasteiger partial charge in [0.15, 0.2) is 0 Å². The molecular weight excluding hydrogens is 248 g/mol. The fourth-order valence-electron chi connectivity index (χ4n) is 1.76. The van der Waals surface area contributed by atoms with Crippen molar-refractivity contribution in [3.63, 3.8) is 0 Å². The Labute approximate surface area is 114 Å². The molecule has 0 bridgehead atoms. The van der Waals surface area contributed by atoms with Gasteiger partial charge in [-0.1, -0.05) is 37.6 Å². The number of amides is 1. The minimum Gasteiger partial charge on any atom is -0.330 e. The standard InChI is InChI=1S/C14H21ClN2O/c1-11(2)10-14(18)17(9-5-8-16)13-7-4-3-6-12(13)15/h3-4,6-7,11H,5,8-10,16H2,1-2H3. The van der Waals surface area contributed by atoms with Gasteiger partial charge in [0.25, 0.3) is 0 Å². The van der Waals surface area contributed by atoms with E-state index >= 15 is 0 Å². The summed E-state index contributed by atoms with van der Waals surface area (Å²) in [5.74, 6) is 0.437. The van der Waals surface area contributed by atoms with E-state index in [1.165, 1.54) is 0 Å². The Bertz CT molecular complexity index is 393. The fourth-order valence-corrected chi connectivity index (χ4v) is 2.00. The molecule has 1 aromatic carbocycles. The predicted octanol–water partition coefficient (Wildman–Crippen LogP) is 3.07. The maximum atomic E-state index is 12.2. The molecule has 18 heavy (non-hydrogen) atoms. The molecule has 0 heterocycles. The van der Waals surface area contributed by atoms with Crippen molar-refractivity contribution in [1.29, 1.82) is 0 Å². The summed E-state index contributed by atoms with van der Waals surface area (Å²) in [5.41, 5.74) is 6.30. The second kappa shape index (κ2) is 7.39. The highest BCUT2D eigenvalue weighted by atomic mass is 35.5. The van der Waals surface area contributed by atoms with E-state index in [-0.39, 0.29) is 5.91 Å². The highest BCUT2D eigenvalue weighted by Gasteiger charge is 2.18. The topological polar surface area (TPSA) is 46.3 Å². The Morgan fingerprint density at radius 2 is 2.06 bits per heavy atom. The predicted molar refractivity (Wildman–Crippen MR) is 76.9 cm³/mol. The van der Waals surface area contributed by atoms with Crippen LogP contribution < -0.4 is 10.6 Å². The van der Waals surface area contributed by atoms with Gasteiger partial charge < -0.3 is 10.6 Å². The first kappa shape index (κ1) is 15.0. The van der Waals surface area contributed by atoms with Crippen molar-refractivity contribution in [2.24, 2.45) is 11.7 Å². The van der Waals surface area contributed by atoms with E-state index in [9.17, 15) is 4.79 Å². The average Bonchev–Trinajstić information content (AvgIpc) is 2.31. The first-order valence-corrected chi connectivity index (χ1v) is 6.69. The second-order valence-electron chi connectivity index (χ2n) is 4.74. The molecule has 0 aromatic heterocycles. The lowest BCUT2D eigenvalue weighted by atomic mass is 10.1. The molecule has 0 atom stereocenters. The Balaban J connectivity index is 2.90. The zero-order valence-corrected chi connectivity index (χ0v) is 11.8. The van der Waals surface area contributed by atoms with Crippen LogP contribution in [0.1, 0.15) is 26.7 Å². The summed E-state index contributed by atoms with van der Waals surface area (Å²) in [6, 6.07) is 7.42. The van der Waals surface area contributed by atoms with E-state index in [1.54, 1.807) is 11.0 Å². The van der Waals surface area contributed by atoms with Gasteiger partial charge in [-0.2, -0.15) is 0 Å². The molecule has 0 spiro atoms. The second-order valence-corrected chi connectivity index (χ2v) is 5.14. The van der Waals surface area contributed by atoms with Crippen molar-refractivity contribution < 1.29 is 4.79 Å². The minimum absolute atomic E-state index is 0.103. The molecule has 1 amide bonds. The molecule has 2 N–H and O–H groups in total. The highest BCUT2D eigenvalue weighted by molar-refractivity contribution is 6.33. The summed E-state index contributed by atoms with van der Waals surface area (Å²) < 4.78 is 0. The Morgan fingerprint density at radius 3 is 2.61 bits per heavy atom. The summed E-state index contributed by atoms with van der Waals surface area (Å²) in [7, 11) is 0. The van der Waals surface area contributed by atoms with Crippen molar-refractivity contribution in [3.8, 4) is 0 Å². The van der Waals surface area contributed by atoms with Gasteiger partial charge >= 0.3 is 0 Å². The van der Waals surface area contributed by atoms with Crippen LogP contribution in [-0.4, -0.2) is 19.0 Å². The molecule has 0 aliphatic carbocycles. The number of anilines is 1. The summed E-state index contributed by atoms with van der Waals surface area (Å²) in [4.78, 5) is 14.0. The van der Waals surface area contributed by atoms with Crippen molar-refractivity contribution >= 4 is 23.2 Å². The van der Waals surface area contributed by atoms with E-state index in [1.807, 2.05) is 32.0 Å². The Kier molecular flexibility index (Phi) is 6.16.